The van der Waals surface area contributed by atoms with Crippen LogP contribution in [0.25, 0.3) is 0 Å². The Morgan fingerprint density at radius 1 is 1.50 bits per heavy atom. The van der Waals surface area contributed by atoms with Gasteiger partial charge < -0.3 is 16.0 Å². The van der Waals surface area contributed by atoms with Gasteiger partial charge in [-0.3, -0.25) is 4.79 Å². The number of hydrogen-bond donors (Lipinski definition) is 3. The molecular weight excluding hydrogens is 228 g/mol. The topological polar surface area (TPSA) is 83.8 Å². The van der Waals surface area contributed by atoms with Gasteiger partial charge in [-0.2, -0.15) is 0 Å². The summed E-state index contributed by atoms with van der Waals surface area (Å²) in [6, 6.07) is 7.22. The Labute approximate surface area is 105 Å². The average molecular weight is 244 g/mol. The third kappa shape index (κ3) is 2.88. The van der Waals surface area contributed by atoms with Gasteiger partial charge in [-0.25, -0.2) is 4.98 Å². The van der Waals surface area contributed by atoms with Gasteiger partial charge >= 0.3 is 0 Å². The van der Waals surface area contributed by atoms with E-state index in [-0.39, 0.29) is 18.4 Å². The van der Waals surface area contributed by atoms with Gasteiger partial charge in [0.1, 0.15) is 5.82 Å². The number of carbonyl (C=O) groups is 1. The van der Waals surface area contributed by atoms with Crippen LogP contribution in [0, 0.1) is 0 Å². The van der Waals surface area contributed by atoms with E-state index in [4.69, 9.17) is 5.73 Å². The maximum Gasteiger partial charge on any atom is 0.225 e. The first-order valence-electron chi connectivity index (χ1n) is 5.79. The molecule has 0 spiro atoms. The molecule has 94 valence electrons. The van der Waals surface area contributed by atoms with Crippen LogP contribution < -0.4 is 11.1 Å². The van der Waals surface area contributed by atoms with Crippen molar-refractivity contribution < 1.29 is 4.79 Å². The Bertz CT molecular complexity index is 522. The van der Waals surface area contributed by atoms with Crippen LogP contribution in [0.1, 0.15) is 24.4 Å². The molecule has 0 saturated carbocycles. The van der Waals surface area contributed by atoms with Crippen LogP contribution in [0.2, 0.25) is 0 Å². The van der Waals surface area contributed by atoms with Gasteiger partial charge in [0.25, 0.3) is 0 Å². The molecule has 0 saturated heterocycles. The number of nitrogens with one attached hydrogen (secondary N) is 2. The van der Waals surface area contributed by atoms with Crippen molar-refractivity contribution >= 4 is 11.6 Å². The second kappa shape index (κ2) is 5.35. The van der Waals surface area contributed by atoms with Crippen molar-refractivity contribution in [1.82, 2.24) is 15.3 Å². The molecule has 5 heteroatoms. The second-order valence-corrected chi connectivity index (χ2v) is 4.14. The monoisotopic (exact) mass is 244 g/mol. The second-order valence-electron chi connectivity index (χ2n) is 4.14. The van der Waals surface area contributed by atoms with E-state index >= 15 is 0 Å². The molecule has 1 atom stereocenters. The van der Waals surface area contributed by atoms with E-state index in [1.165, 1.54) is 0 Å². The number of benzene rings is 1. The first-order chi connectivity index (χ1) is 8.66. The predicted molar refractivity (Wildman–Crippen MR) is 69.7 cm³/mol. The standard InChI is InChI=1S/C13H16N4O/c1-9(13-15-6-7-16-13)17-12(18)8-10-4-2-3-5-11(10)14/h2-7,9H,8,14H2,1H3,(H,15,16)(H,17,18). The highest BCUT2D eigenvalue weighted by molar-refractivity contribution is 5.80. The van der Waals surface area contributed by atoms with E-state index < -0.39 is 0 Å². The highest BCUT2D eigenvalue weighted by Crippen LogP contribution is 2.12. The molecule has 2 aromatic rings. The van der Waals surface area contributed by atoms with Crippen molar-refractivity contribution in [2.45, 2.75) is 19.4 Å². The smallest absolute Gasteiger partial charge is 0.225 e. The number of imidazole rings is 1. The Balaban J connectivity index is 1.95. The molecule has 5 nitrogen and oxygen atoms in total. The summed E-state index contributed by atoms with van der Waals surface area (Å²) in [6.07, 6.45) is 3.66. The largest absolute Gasteiger partial charge is 0.398 e. The van der Waals surface area contributed by atoms with Gasteiger partial charge in [0.2, 0.25) is 5.91 Å². The van der Waals surface area contributed by atoms with Crippen molar-refractivity contribution in [2.75, 3.05) is 5.73 Å². The minimum atomic E-state index is -0.141. The molecule has 18 heavy (non-hydrogen) atoms. The van der Waals surface area contributed by atoms with Gasteiger partial charge in [-0.15, -0.1) is 0 Å². The molecule has 0 aliphatic carbocycles. The molecule has 2 rings (SSSR count). The molecule has 1 amide bonds. The fourth-order valence-electron chi connectivity index (χ4n) is 1.74. The maximum atomic E-state index is 11.9. The predicted octanol–water partition coefficient (Wildman–Crippen LogP) is 1.41. The summed E-state index contributed by atoms with van der Waals surface area (Å²) in [6.45, 7) is 1.88. The lowest BCUT2D eigenvalue weighted by Crippen LogP contribution is -2.29. The van der Waals surface area contributed by atoms with E-state index in [1.807, 2.05) is 25.1 Å². The van der Waals surface area contributed by atoms with E-state index in [2.05, 4.69) is 15.3 Å². The van der Waals surface area contributed by atoms with Crippen molar-refractivity contribution in [1.29, 1.82) is 0 Å². The van der Waals surface area contributed by atoms with Crippen LogP contribution in [0.3, 0.4) is 0 Å². The molecule has 0 radical (unpaired) electrons. The van der Waals surface area contributed by atoms with Crippen LogP contribution in [-0.2, 0) is 11.2 Å². The number of aromatic amines is 1. The molecule has 1 unspecified atom stereocenters. The summed E-state index contributed by atoms with van der Waals surface area (Å²) >= 11 is 0. The number of aromatic nitrogens is 2. The molecule has 0 aliphatic rings. The van der Waals surface area contributed by atoms with E-state index in [0.29, 0.717) is 5.69 Å². The van der Waals surface area contributed by atoms with Crippen molar-refractivity contribution in [3.8, 4) is 0 Å². The third-order valence-electron chi connectivity index (χ3n) is 2.71. The highest BCUT2D eigenvalue weighted by Gasteiger charge is 2.12. The fraction of sp³-hybridized carbons (Fsp3) is 0.231. The Hall–Kier alpha value is -2.30. The summed E-state index contributed by atoms with van der Waals surface area (Å²) in [7, 11) is 0. The zero-order valence-electron chi connectivity index (χ0n) is 10.2. The Kier molecular flexibility index (Phi) is 3.62. The van der Waals surface area contributed by atoms with Crippen LogP contribution in [0.4, 0.5) is 5.69 Å². The van der Waals surface area contributed by atoms with Crippen LogP contribution in [0.15, 0.2) is 36.7 Å². The molecule has 0 aliphatic heterocycles. The van der Waals surface area contributed by atoms with Crippen LogP contribution in [-0.4, -0.2) is 15.9 Å². The molecule has 0 bridgehead atoms. The minimum absolute atomic E-state index is 0.0724. The number of rotatable bonds is 4. The first kappa shape index (κ1) is 12.2. The average Bonchev–Trinajstić information content (AvgIpc) is 2.85. The quantitative estimate of drug-likeness (QED) is 0.711. The number of amides is 1. The SMILES string of the molecule is CC(NC(=O)Cc1ccccc1N)c1ncc[nH]1. The summed E-state index contributed by atoms with van der Waals surface area (Å²) < 4.78 is 0. The van der Waals surface area contributed by atoms with Gasteiger partial charge in [-0.1, -0.05) is 18.2 Å². The zero-order chi connectivity index (χ0) is 13.0. The van der Waals surface area contributed by atoms with Crippen molar-refractivity contribution in [2.24, 2.45) is 0 Å². The number of nitrogens with zero attached hydrogens (tertiary/aromatic N) is 1. The summed E-state index contributed by atoms with van der Waals surface area (Å²) in [5, 5.41) is 2.87. The third-order valence-corrected chi connectivity index (χ3v) is 2.71. The zero-order valence-corrected chi connectivity index (χ0v) is 10.2. The van der Waals surface area contributed by atoms with Gasteiger partial charge in [0, 0.05) is 18.1 Å². The highest BCUT2D eigenvalue weighted by atomic mass is 16.1. The Morgan fingerprint density at radius 3 is 2.94 bits per heavy atom. The van der Waals surface area contributed by atoms with Crippen molar-refractivity contribution in [3.05, 3.63) is 48.0 Å². The fourth-order valence-corrected chi connectivity index (χ4v) is 1.74. The lowest BCUT2D eigenvalue weighted by Gasteiger charge is -2.12. The van der Waals surface area contributed by atoms with E-state index in [1.54, 1.807) is 18.5 Å². The number of nitrogens with two attached hydrogens (primary N) is 1. The number of para-hydroxylation sites is 1. The van der Waals surface area contributed by atoms with Gasteiger partial charge in [0.05, 0.1) is 12.5 Å². The molecular formula is C13H16N4O. The number of nitrogen functional groups attached to an aromatic ring is 1. The van der Waals surface area contributed by atoms with Gasteiger partial charge in [0.15, 0.2) is 0 Å². The number of H-pyrrole nitrogens is 1. The summed E-state index contributed by atoms with van der Waals surface area (Å²) in [5.74, 6) is 0.668. The lowest BCUT2D eigenvalue weighted by atomic mass is 10.1. The van der Waals surface area contributed by atoms with E-state index in [9.17, 15) is 4.79 Å². The number of carbonyl (C=O) groups excluding carboxylic acids is 1. The number of hydrogen-bond acceptors (Lipinski definition) is 3. The summed E-state index contributed by atoms with van der Waals surface area (Å²) in [4.78, 5) is 18.9. The maximum absolute atomic E-state index is 11.9. The Morgan fingerprint density at radius 2 is 2.28 bits per heavy atom. The molecule has 0 fully saturated rings. The van der Waals surface area contributed by atoms with Crippen LogP contribution >= 0.6 is 0 Å². The molecule has 4 N–H and O–H groups in total. The van der Waals surface area contributed by atoms with Crippen LogP contribution in [0.5, 0.6) is 0 Å². The molecule has 1 heterocycles. The number of anilines is 1. The van der Waals surface area contributed by atoms with E-state index in [0.717, 1.165) is 11.4 Å². The lowest BCUT2D eigenvalue weighted by molar-refractivity contribution is -0.121. The summed E-state index contributed by atoms with van der Waals surface area (Å²) in [5.41, 5.74) is 7.27. The first-order valence-corrected chi connectivity index (χ1v) is 5.79. The molecule has 1 aromatic carbocycles. The normalized spacial score (nSPS) is 12.1. The molecule has 1 aromatic heterocycles. The van der Waals surface area contributed by atoms with Gasteiger partial charge in [-0.05, 0) is 18.6 Å². The van der Waals surface area contributed by atoms with Crippen molar-refractivity contribution in [3.63, 3.8) is 0 Å². The minimum Gasteiger partial charge on any atom is -0.398 e.